The van der Waals surface area contributed by atoms with Gasteiger partial charge in [0.15, 0.2) is 0 Å². The monoisotopic (exact) mass is 316 g/mol. The molecule has 0 radical (unpaired) electrons. The summed E-state index contributed by atoms with van der Waals surface area (Å²) < 4.78 is 0. The van der Waals surface area contributed by atoms with Gasteiger partial charge in [0.2, 0.25) is 0 Å². The first-order valence-electron chi connectivity index (χ1n) is 8.72. The molecule has 0 aromatic carbocycles. The molecule has 126 valence electrons. The second-order valence-electron chi connectivity index (χ2n) is 7.70. The van der Waals surface area contributed by atoms with E-state index in [1.165, 1.54) is 12.8 Å². The lowest BCUT2D eigenvalue weighted by Gasteiger charge is -2.40. The Morgan fingerprint density at radius 3 is 2.65 bits per heavy atom. The minimum atomic E-state index is 0.103. The molecule has 0 unspecified atom stereocenters. The van der Waals surface area contributed by atoms with Crippen molar-refractivity contribution in [3.63, 3.8) is 0 Å². The molecule has 5 nitrogen and oxygen atoms in total. The lowest BCUT2D eigenvalue weighted by Crippen LogP contribution is -2.47. The van der Waals surface area contributed by atoms with Crippen LogP contribution in [0.25, 0.3) is 0 Å². The average Bonchev–Trinajstić information content (AvgIpc) is 2.86. The van der Waals surface area contributed by atoms with Gasteiger partial charge in [-0.2, -0.15) is 0 Å². The third-order valence-electron chi connectivity index (χ3n) is 5.32. The van der Waals surface area contributed by atoms with Crippen molar-refractivity contribution >= 4 is 5.91 Å². The van der Waals surface area contributed by atoms with E-state index in [2.05, 4.69) is 35.8 Å². The molecule has 0 saturated carbocycles. The van der Waals surface area contributed by atoms with Crippen LogP contribution in [0.3, 0.4) is 0 Å². The highest BCUT2D eigenvalue weighted by atomic mass is 16.2. The number of piperidine rings is 1. The zero-order valence-electron chi connectivity index (χ0n) is 14.8. The lowest BCUT2D eigenvalue weighted by molar-refractivity contribution is 0.0533. The van der Waals surface area contributed by atoms with E-state index in [1.807, 2.05) is 11.8 Å². The molecule has 5 heteroatoms. The summed E-state index contributed by atoms with van der Waals surface area (Å²) in [5, 5.41) is 0. The minimum absolute atomic E-state index is 0.103. The number of likely N-dealkylation sites (tertiary alicyclic amines) is 2. The molecule has 1 atom stereocenters. The Kier molecular flexibility index (Phi) is 4.41. The first-order valence-corrected chi connectivity index (χ1v) is 8.72. The summed E-state index contributed by atoms with van der Waals surface area (Å²) >= 11 is 0. The summed E-state index contributed by atoms with van der Waals surface area (Å²) in [5.74, 6) is 1.20. The van der Waals surface area contributed by atoms with E-state index in [9.17, 15) is 4.79 Å². The Labute approximate surface area is 139 Å². The normalized spacial score (nSPS) is 25.5. The molecule has 2 aliphatic heterocycles. The quantitative estimate of drug-likeness (QED) is 0.841. The SMILES string of the molecule is Cc1nc(C(C)C)ncc1C(=O)N1CCC[C@@]2(CCN(C)C2)C1. The first kappa shape index (κ1) is 16.4. The summed E-state index contributed by atoms with van der Waals surface area (Å²) in [6.45, 7) is 10.1. The van der Waals surface area contributed by atoms with Crippen LogP contribution in [0.1, 0.15) is 60.9 Å². The molecule has 0 aliphatic carbocycles. The van der Waals surface area contributed by atoms with E-state index in [1.54, 1.807) is 6.20 Å². The molecule has 23 heavy (non-hydrogen) atoms. The molecule has 3 rings (SSSR count). The third-order valence-corrected chi connectivity index (χ3v) is 5.32. The zero-order chi connectivity index (χ0) is 16.6. The Morgan fingerprint density at radius 1 is 1.26 bits per heavy atom. The van der Waals surface area contributed by atoms with Gasteiger partial charge in [0.05, 0.1) is 11.3 Å². The van der Waals surface area contributed by atoms with Crippen molar-refractivity contribution in [2.24, 2.45) is 5.41 Å². The van der Waals surface area contributed by atoms with E-state index in [0.29, 0.717) is 11.0 Å². The number of hydrogen-bond donors (Lipinski definition) is 0. The largest absolute Gasteiger partial charge is 0.338 e. The van der Waals surface area contributed by atoms with Gasteiger partial charge in [0.25, 0.3) is 5.91 Å². The molecule has 2 aliphatic rings. The molecule has 1 aromatic rings. The van der Waals surface area contributed by atoms with Gasteiger partial charge in [-0.05, 0) is 39.8 Å². The predicted molar refractivity (Wildman–Crippen MR) is 90.5 cm³/mol. The number of carbonyl (C=O) groups is 1. The average molecular weight is 316 g/mol. The maximum Gasteiger partial charge on any atom is 0.257 e. The fourth-order valence-electron chi connectivity index (χ4n) is 4.02. The van der Waals surface area contributed by atoms with E-state index >= 15 is 0 Å². The highest BCUT2D eigenvalue weighted by Crippen LogP contribution is 2.38. The van der Waals surface area contributed by atoms with Crippen LogP contribution < -0.4 is 0 Å². The number of nitrogens with zero attached hydrogens (tertiary/aromatic N) is 4. The van der Waals surface area contributed by atoms with Gasteiger partial charge in [0, 0.05) is 37.2 Å². The Hall–Kier alpha value is -1.49. The highest BCUT2D eigenvalue weighted by molar-refractivity contribution is 5.95. The number of aromatic nitrogens is 2. The summed E-state index contributed by atoms with van der Waals surface area (Å²) in [6.07, 6.45) is 5.27. The molecular formula is C18H28N4O. The van der Waals surface area contributed by atoms with Gasteiger partial charge in [-0.25, -0.2) is 9.97 Å². The van der Waals surface area contributed by atoms with Crippen molar-refractivity contribution in [3.05, 3.63) is 23.3 Å². The van der Waals surface area contributed by atoms with Crippen LogP contribution in [0, 0.1) is 12.3 Å². The van der Waals surface area contributed by atoms with E-state index in [4.69, 9.17) is 0 Å². The Bertz CT molecular complexity index is 597. The van der Waals surface area contributed by atoms with E-state index in [0.717, 1.165) is 44.1 Å². The van der Waals surface area contributed by atoms with Crippen LogP contribution in [-0.4, -0.2) is 58.9 Å². The maximum atomic E-state index is 13.0. The van der Waals surface area contributed by atoms with Crippen LogP contribution >= 0.6 is 0 Å². The fourth-order valence-corrected chi connectivity index (χ4v) is 4.02. The zero-order valence-corrected chi connectivity index (χ0v) is 14.8. The predicted octanol–water partition coefficient (Wildman–Crippen LogP) is 2.47. The van der Waals surface area contributed by atoms with Gasteiger partial charge in [-0.3, -0.25) is 4.79 Å². The summed E-state index contributed by atoms with van der Waals surface area (Å²) in [5.41, 5.74) is 1.77. The molecule has 0 bridgehead atoms. The van der Waals surface area contributed by atoms with Crippen molar-refractivity contribution in [2.45, 2.75) is 46.0 Å². The fraction of sp³-hybridized carbons (Fsp3) is 0.722. The van der Waals surface area contributed by atoms with Gasteiger partial charge < -0.3 is 9.80 Å². The Balaban J connectivity index is 1.77. The number of amides is 1. The van der Waals surface area contributed by atoms with E-state index < -0.39 is 0 Å². The molecule has 1 aromatic heterocycles. The van der Waals surface area contributed by atoms with Crippen molar-refractivity contribution in [3.8, 4) is 0 Å². The minimum Gasteiger partial charge on any atom is -0.338 e. The number of rotatable bonds is 2. The molecule has 0 N–H and O–H groups in total. The molecule has 2 fully saturated rings. The van der Waals surface area contributed by atoms with Crippen molar-refractivity contribution in [2.75, 3.05) is 33.2 Å². The van der Waals surface area contributed by atoms with Crippen LogP contribution in [0.4, 0.5) is 0 Å². The highest BCUT2D eigenvalue weighted by Gasteiger charge is 2.41. The maximum absolute atomic E-state index is 13.0. The third kappa shape index (κ3) is 3.25. The van der Waals surface area contributed by atoms with Gasteiger partial charge in [0.1, 0.15) is 5.82 Å². The van der Waals surface area contributed by atoms with Crippen LogP contribution in [0.15, 0.2) is 6.20 Å². The molecule has 2 saturated heterocycles. The molecule has 1 amide bonds. The second-order valence-corrected chi connectivity index (χ2v) is 7.70. The van der Waals surface area contributed by atoms with Crippen LogP contribution in [0.2, 0.25) is 0 Å². The number of aryl methyl sites for hydroxylation is 1. The van der Waals surface area contributed by atoms with Crippen molar-refractivity contribution < 1.29 is 4.79 Å². The van der Waals surface area contributed by atoms with Crippen molar-refractivity contribution in [1.29, 1.82) is 0 Å². The molecular weight excluding hydrogens is 288 g/mol. The van der Waals surface area contributed by atoms with Gasteiger partial charge >= 0.3 is 0 Å². The topological polar surface area (TPSA) is 49.3 Å². The number of hydrogen-bond acceptors (Lipinski definition) is 4. The molecule has 1 spiro atoms. The first-order chi connectivity index (χ1) is 10.9. The molecule has 3 heterocycles. The van der Waals surface area contributed by atoms with Gasteiger partial charge in [-0.1, -0.05) is 13.8 Å². The van der Waals surface area contributed by atoms with Crippen LogP contribution in [-0.2, 0) is 0 Å². The Morgan fingerprint density at radius 2 is 2.04 bits per heavy atom. The smallest absolute Gasteiger partial charge is 0.257 e. The van der Waals surface area contributed by atoms with E-state index in [-0.39, 0.29) is 11.8 Å². The standard InChI is InChI=1S/C18H28N4O/c1-13(2)16-19-10-15(14(3)20-16)17(23)22-8-5-6-18(12-22)7-9-21(4)11-18/h10,13H,5-9,11-12H2,1-4H3/t18-/m0/s1. The number of carbonyl (C=O) groups excluding carboxylic acids is 1. The van der Waals surface area contributed by atoms with Crippen molar-refractivity contribution in [1.82, 2.24) is 19.8 Å². The summed E-state index contributed by atoms with van der Waals surface area (Å²) in [7, 11) is 2.18. The summed E-state index contributed by atoms with van der Waals surface area (Å²) in [6, 6.07) is 0. The second kappa shape index (κ2) is 6.19. The summed E-state index contributed by atoms with van der Waals surface area (Å²) in [4.78, 5) is 26.3. The lowest BCUT2D eigenvalue weighted by atomic mass is 9.79. The van der Waals surface area contributed by atoms with Gasteiger partial charge in [-0.15, -0.1) is 0 Å². The van der Waals surface area contributed by atoms with Crippen LogP contribution in [0.5, 0.6) is 0 Å².